The number of halogens is 1. The fourth-order valence-electron chi connectivity index (χ4n) is 3.31. The number of fused-ring (bicyclic) bond motifs is 1. The molecule has 2 aromatic rings. The fraction of sp³-hybridized carbons (Fsp3) is 0.500. The van der Waals surface area contributed by atoms with E-state index in [1.54, 1.807) is 4.68 Å². The molecule has 0 amide bonds. The number of nitrogens with zero attached hydrogens (tertiary/aromatic N) is 2. The van der Waals surface area contributed by atoms with Crippen LogP contribution >= 0.6 is 11.6 Å². The van der Waals surface area contributed by atoms with E-state index in [9.17, 15) is 0 Å². The predicted molar refractivity (Wildman–Crippen MR) is 91.4 cm³/mol. The Hall–Kier alpha value is -1.32. The van der Waals surface area contributed by atoms with Crippen LogP contribution in [0.5, 0.6) is 0 Å². The molecule has 1 N–H and O–H groups in total. The van der Waals surface area contributed by atoms with Gasteiger partial charge in [-0.25, -0.2) is 0 Å². The zero-order chi connectivity index (χ0) is 15.7. The zero-order valence-corrected chi connectivity index (χ0v) is 14.3. The molecule has 22 heavy (non-hydrogen) atoms. The average molecular weight is 318 g/mol. The van der Waals surface area contributed by atoms with Gasteiger partial charge in [-0.2, -0.15) is 5.10 Å². The van der Waals surface area contributed by atoms with Gasteiger partial charge in [-0.1, -0.05) is 49.7 Å². The summed E-state index contributed by atoms with van der Waals surface area (Å²) in [4.78, 5) is 0. The van der Waals surface area contributed by atoms with Gasteiger partial charge in [0, 0.05) is 25.2 Å². The quantitative estimate of drug-likeness (QED) is 0.928. The second kappa shape index (κ2) is 6.43. The SMILES string of the molecule is CC(C)c1nn(C)c(Cl)c1CNC1CCc2ccccc2C1. The van der Waals surface area contributed by atoms with E-state index in [1.807, 2.05) is 7.05 Å². The smallest absolute Gasteiger partial charge is 0.131 e. The van der Waals surface area contributed by atoms with Crippen molar-refractivity contribution in [1.29, 1.82) is 0 Å². The third-order valence-corrected chi connectivity index (χ3v) is 5.03. The molecule has 0 aliphatic heterocycles. The van der Waals surface area contributed by atoms with Crippen molar-refractivity contribution in [3.8, 4) is 0 Å². The van der Waals surface area contributed by atoms with Crippen LogP contribution < -0.4 is 5.32 Å². The van der Waals surface area contributed by atoms with Gasteiger partial charge >= 0.3 is 0 Å². The summed E-state index contributed by atoms with van der Waals surface area (Å²) in [7, 11) is 1.91. The van der Waals surface area contributed by atoms with Crippen LogP contribution in [0.4, 0.5) is 0 Å². The van der Waals surface area contributed by atoms with Crippen molar-refractivity contribution in [3.05, 3.63) is 51.8 Å². The van der Waals surface area contributed by atoms with E-state index >= 15 is 0 Å². The highest BCUT2D eigenvalue weighted by Gasteiger charge is 2.21. The monoisotopic (exact) mass is 317 g/mol. The maximum Gasteiger partial charge on any atom is 0.131 e. The summed E-state index contributed by atoms with van der Waals surface area (Å²) in [6.07, 6.45) is 3.45. The Morgan fingerprint density at radius 2 is 2.05 bits per heavy atom. The molecule has 0 saturated carbocycles. The van der Waals surface area contributed by atoms with Crippen molar-refractivity contribution in [1.82, 2.24) is 15.1 Å². The minimum Gasteiger partial charge on any atom is -0.309 e. The molecule has 1 aromatic carbocycles. The van der Waals surface area contributed by atoms with Crippen LogP contribution in [-0.4, -0.2) is 15.8 Å². The van der Waals surface area contributed by atoms with E-state index in [0.717, 1.165) is 35.8 Å². The molecule has 4 heteroatoms. The molecular formula is C18H24ClN3. The molecule has 0 fully saturated rings. The van der Waals surface area contributed by atoms with Crippen LogP contribution in [0.15, 0.2) is 24.3 Å². The largest absolute Gasteiger partial charge is 0.309 e. The van der Waals surface area contributed by atoms with E-state index in [0.29, 0.717) is 12.0 Å². The maximum absolute atomic E-state index is 6.42. The Labute approximate surface area is 137 Å². The van der Waals surface area contributed by atoms with Gasteiger partial charge in [0.2, 0.25) is 0 Å². The van der Waals surface area contributed by atoms with Crippen molar-refractivity contribution in [3.63, 3.8) is 0 Å². The topological polar surface area (TPSA) is 29.9 Å². The Kier molecular flexibility index (Phi) is 4.55. The molecule has 0 radical (unpaired) electrons. The van der Waals surface area contributed by atoms with Crippen molar-refractivity contribution in [2.24, 2.45) is 7.05 Å². The Balaban J connectivity index is 1.69. The lowest BCUT2D eigenvalue weighted by Crippen LogP contribution is -2.34. The number of aromatic nitrogens is 2. The van der Waals surface area contributed by atoms with Crippen molar-refractivity contribution < 1.29 is 0 Å². The van der Waals surface area contributed by atoms with Gasteiger partial charge in [0.1, 0.15) is 5.15 Å². The summed E-state index contributed by atoms with van der Waals surface area (Å²) in [5.74, 6) is 0.391. The third kappa shape index (κ3) is 3.06. The number of rotatable bonds is 4. The summed E-state index contributed by atoms with van der Waals surface area (Å²) >= 11 is 6.42. The first kappa shape index (κ1) is 15.6. The fourth-order valence-corrected chi connectivity index (χ4v) is 3.51. The molecule has 1 atom stereocenters. The van der Waals surface area contributed by atoms with Crippen LogP contribution in [0, 0.1) is 0 Å². The van der Waals surface area contributed by atoms with Crippen molar-refractivity contribution in [2.75, 3.05) is 0 Å². The number of aryl methyl sites for hydroxylation is 2. The lowest BCUT2D eigenvalue weighted by molar-refractivity contribution is 0.456. The summed E-state index contributed by atoms with van der Waals surface area (Å²) in [6, 6.07) is 9.29. The highest BCUT2D eigenvalue weighted by molar-refractivity contribution is 6.30. The van der Waals surface area contributed by atoms with E-state index < -0.39 is 0 Å². The first-order chi connectivity index (χ1) is 10.6. The van der Waals surface area contributed by atoms with E-state index in [2.05, 4.69) is 48.5 Å². The molecule has 3 rings (SSSR count). The van der Waals surface area contributed by atoms with Crippen LogP contribution in [0.3, 0.4) is 0 Å². The lowest BCUT2D eigenvalue weighted by atomic mass is 9.88. The summed E-state index contributed by atoms with van der Waals surface area (Å²) in [6.45, 7) is 5.13. The van der Waals surface area contributed by atoms with E-state index in [-0.39, 0.29) is 0 Å². The maximum atomic E-state index is 6.42. The molecule has 1 aromatic heterocycles. The zero-order valence-electron chi connectivity index (χ0n) is 13.6. The number of hydrogen-bond donors (Lipinski definition) is 1. The normalized spacial score (nSPS) is 17.8. The summed E-state index contributed by atoms with van der Waals surface area (Å²) < 4.78 is 1.78. The van der Waals surface area contributed by atoms with Gasteiger partial charge in [0.15, 0.2) is 0 Å². The summed E-state index contributed by atoms with van der Waals surface area (Å²) in [5.41, 5.74) is 5.24. The second-order valence-corrected chi connectivity index (χ2v) is 6.88. The molecule has 1 aliphatic carbocycles. The van der Waals surface area contributed by atoms with Crippen LogP contribution in [0.2, 0.25) is 5.15 Å². The van der Waals surface area contributed by atoms with Crippen molar-refractivity contribution >= 4 is 11.6 Å². The van der Waals surface area contributed by atoms with Crippen molar-refractivity contribution in [2.45, 2.75) is 51.6 Å². The molecule has 1 unspecified atom stereocenters. The predicted octanol–water partition coefficient (Wildman–Crippen LogP) is 3.84. The highest BCUT2D eigenvalue weighted by Crippen LogP contribution is 2.26. The molecule has 0 saturated heterocycles. The van der Waals surface area contributed by atoms with Crippen LogP contribution in [-0.2, 0) is 26.4 Å². The van der Waals surface area contributed by atoms with Gasteiger partial charge < -0.3 is 5.32 Å². The minimum atomic E-state index is 0.391. The molecule has 0 bridgehead atoms. The standard InChI is InChI=1S/C18H24ClN3/c1-12(2)17-16(18(19)22(3)21-17)11-20-15-9-8-13-6-4-5-7-14(13)10-15/h4-7,12,15,20H,8-11H2,1-3H3. The minimum absolute atomic E-state index is 0.391. The van der Waals surface area contributed by atoms with Gasteiger partial charge in [-0.15, -0.1) is 0 Å². The van der Waals surface area contributed by atoms with E-state index in [1.165, 1.54) is 17.5 Å². The third-order valence-electron chi connectivity index (χ3n) is 4.56. The number of benzene rings is 1. The average Bonchev–Trinajstić information content (AvgIpc) is 2.81. The molecule has 0 spiro atoms. The Morgan fingerprint density at radius 3 is 2.77 bits per heavy atom. The molecular weight excluding hydrogens is 294 g/mol. The highest BCUT2D eigenvalue weighted by atomic mass is 35.5. The van der Waals surface area contributed by atoms with Crippen LogP contribution in [0.1, 0.15) is 48.6 Å². The first-order valence-electron chi connectivity index (χ1n) is 8.07. The summed E-state index contributed by atoms with van der Waals surface area (Å²) in [5, 5.41) is 9.00. The van der Waals surface area contributed by atoms with Gasteiger partial charge in [0.25, 0.3) is 0 Å². The molecule has 1 aliphatic rings. The van der Waals surface area contributed by atoms with Gasteiger partial charge in [-0.3, -0.25) is 4.68 Å². The molecule has 118 valence electrons. The van der Waals surface area contributed by atoms with E-state index in [4.69, 9.17) is 11.6 Å². The molecule has 3 nitrogen and oxygen atoms in total. The van der Waals surface area contributed by atoms with Gasteiger partial charge in [-0.05, 0) is 36.3 Å². The second-order valence-electron chi connectivity index (χ2n) is 6.52. The first-order valence-corrected chi connectivity index (χ1v) is 8.45. The Bertz CT molecular complexity index is 660. The Morgan fingerprint density at radius 1 is 1.32 bits per heavy atom. The van der Waals surface area contributed by atoms with Crippen LogP contribution in [0.25, 0.3) is 0 Å². The molecule has 1 heterocycles. The number of hydrogen-bond acceptors (Lipinski definition) is 2. The van der Waals surface area contributed by atoms with Gasteiger partial charge in [0.05, 0.1) is 5.69 Å². The lowest BCUT2D eigenvalue weighted by Gasteiger charge is -2.25. The number of nitrogens with one attached hydrogen (secondary N) is 1.